The summed E-state index contributed by atoms with van der Waals surface area (Å²) < 4.78 is 3.04. The molecule has 0 aliphatic heterocycles. The molecule has 0 radical (unpaired) electrons. The predicted octanol–water partition coefficient (Wildman–Crippen LogP) is 3.90. The van der Waals surface area contributed by atoms with Gasteiger partial charge in [-0.25, -0.2) is 9.97 Å². The number of aryl methyl sites for hydroxylation is 1. The molecule has 86 valence electrons. The Morgan fingerprint density at radius 2 is 2.31 bits per heavy atom. The third-order valence-corrected chi connectivity index (χ3v) is 3.01. The molecule has 0 N–H and O–H groups in total. The molecule has 0 bridgehead atoms. The number of aromatic nitrogens is 3. The van der Waals surface area contributed by atoms with E-state index >= 15 is 0 Å². The molecule has 1 atom stereocenters. The van der Waals surface area contributed by atoms with Crippen molar-refractivity contribution in [2.75, 3.05) is 0 Å². The van der Waals surface area contributed by atoms with Crippen molar-refractivity contribution in [3.63, 3.8) is 0 Å². The van der Waals surface area contributed by atoms with Gasteiger partial charge in [-0.2, -0.15) is 0 Å². The molecule has 0 amide bonds. The van der Waals surface area contributed by atoms with Gasteiger partial charge in [-0.1, -0.05) is 6.92 Å². The first-order valence-corrected chi connectivity index (χ1v) is 6.52. The summed E-state index contributed by atoms with van der Waals surface area (Å²) in [6, 6.07) is 1.97. The summed E-state index contributed by atoms with van der Waals surface area (Å²) in [6.07, 6.45) is 2.83. The number of nitrogens with zero attached hydrogens (tertiary/aromatic N) is 3. The second-order valence-corrected chi connectivity index (χ2v) is 5.30. The molecule has 0 aliphatic carbocycles. The maximum absolute atomic E-state index is 6.13. The minimum atomic E-state index is -0.0977. The highest BCUT2D eigenvalue weighted by atomic mass is 79.9. The minimum Gasteiger partial charge on any atom is -0.311 e. The molecular weight excluding hydrogens is 289 g/mol. The quantitative estimate of drug-likeness (QED) is 0.805. The van der Waals surface area contributed by atoms with E-state index in [4.69, 9.17) is 11.6 Å². The summed E-state index contributed by atoms with van der Waals surface area (Å²) in [5.41, 5.74) is 1.80. The monoisotopic (exact) mass is 301 g/mol. The molecule has 2 aromatic heterocycles. The summed E-state index contributed by atoms with van der Waals surface area (Å²) in [7, 11) is 0. The zero-order valence-corrected chi connectivity index (χ0v) is 11.6. The third-order valence-electron chi connectivity index (χ3n) is 2.38. The molecule has 1 unspecified atom stereocenters. The molecule has 0 fully saturated rings. The van der Waals surface area contributed by atoms with Gasteiger partial charge in [0.15, 0.2) is 5.65 Å². The van der Waals surface area contributed by atoms with E-state index in [1.807, 2.05) is 13.0 Å². The fraction of sp³-hybridized carbons (Fsp3) is 0.455. The van der Waals surface area contributed by atoms with Gasteiger partial charge in [0.05, 0.1) is 5.38 Å². The molecule has 2 heterocycles. The zero-order chi connectivity index (χ0) is 11.7. The largest absolute Gasteiger partial charge is 0.311 e. The summed E-state index contributed by atoms with van der Waals surface area (Å²) in [5, 5.41) is -0.0977. The van der Waals surface area contributed by atoms with Crippen molar-refractivity contribution in [3.8, 4) is 0 Å². The molecule has 5 heteroatoms. The standard InChI is InChI=1S/C11H13BrClN3/c1-3-4-16-10(7(2)13)15-9-5-8(12)6-14-11(9)16/h5-7H,3-4H2,1-2H3. The van der Waals surface area contributed by atoms with Crippen LogP contribution in [0.2, 0.25) is 0 Å². The number of hydrogen-bond donors (Lipinski definition) is 0. The topological polar surface area (TPSA) is 30.7 Å². The first kappa shape index (κ1) is 11.9. The van der Waals surface area contributed by atoms with Gasteiger partial charge in [-0.15, -0.1) is 11.6 Å². The molecule has 0 spiro atoms. The van der Waals surface area contributed by atoms with E-state index in [-0.39, 0.29) is 5.38 Å². The average Bonchev–Trinajstić information content (AvgIpc) is 2.57. The summed E-state index contributed by atoms with van der Waals surface area (Å²) in [6.45, 7) is 4.97. The molecule has 0 aromatic carbocycles. The van der Waals surface area contributed by atoms with Crippen LogP contribution in [-0.4, -0.2) is 14.5 Å². The van der Waals surface area contributed by atoms with Gasteiger partial charge in [0.2, 0.25) is 0 Å². The molecular formula is C11H13BrClN3. The lowest BCUT2D eigenvalue weighted by molar-refractivity contribution is 0.650. The fourth-order valence-electron chi connectivity index (χ4n) is 1.75. The number of pyridine rings is 1. The van der Waals surface area contributed by atoms with Gasteiger partial charge in [-0.3, -0.25) is 0 Å². The Morgan fingerprint density at radius 3 is 2.94 bits per heavy atom. The maximum Gasteiger partial charge on any atom is 0.160 e. The van der Waals surface area contributed by atoms with Crippen LogP contribution in [0.5, 0.6) is 0 Å². The van der Waals surface area contributed by atoms with Crippen molar-refractivity contribution in [1.82, 2.24) is 14.5 Å². The van der Waals surface area contributed by atoms with E-state index in [0.717, 1.165) is 34.4 Å². The summed E-state index contributed by atoms with van der Waals surface area (Å²) in [4.78, 5) is 8.93. The Labute approximate surface area is 108 Å². The van der Waals surface area contributed by atoms with E-state index in [1.54, 1.807) is 6.20 Å². The molecule has 0 saturated carbocycles. The van der Waals surface area contributed by atoms with Gasteiger partial charge >= 0.3 is 0 Å². The van der Waals surface area contributed by atoms with Crippen LogP contribution in [0.1, 0.15) is 31.5 Å². The molecule has 0 saturated heterocycles. The van der Waals surface area contributed by atoms with Crippen molar-refractivity contribution < 1.29 is 0 Å². The number of hydrogen-bond acceptors (Lipinski definition) is 2. The highest BCUT2D eigenvalue weighted by Gasteiger charge is 2.15. The maximum atomic E-state index is 6.13. The SMILES string of the molecule is CCCn1c(C(C)Cl)nc2cc(Br)cnc21. The lowest BCUT2D eigenvalue weighted by Crippen LogP contribution is -2.04. The second-order valence-electron chi connectivity index (χ2n) is 3.73. The third kappa shape index (κ3) is 2.09. The van der Waals surface area contributed by atoms with E-state index in [9.17, 15) is 0 Å². The van der Waals surface area contributed by atoms with Crippen molar-refractivity contribution in [2.45, 2.75) is 32.2 Å². The first-order valence-electron chi connectivity index (χ1n) is 5.29. The highest BCUT2D eigenvalue weighted by Crippen LogP contribution is 2.25. The van der Waals surface area contributed by atoms with Crippen molar-refractivity contribution >= 4 is 38.7 Å². The van der Waals surface area contributed by atoms with Crippen LogP contribution < -0.4 is 0 Å². The van der Waals surface area contributed by atoms with Crippen LogP contribution in [0.4, 0.5) is 0 Å². The second kappa shape index (κ2) is 4.72. The number of alkyl halides is 1. The predicted molar refractivity (Wildman–Crippen MR) is 69.8 cm³/mol. The van der Waals surface area contributed by atoms with Crippen LogP contribution in [0.15, 0.2) is 16.7 Å². The Hall–Kier alpha value is -0.610. The van der Waals surface area contributed by atoms with Crippen LogP contribution >= 0.6 is 27.5 Å². The molecule has 16 heavy (non-hydrogen) atoms. The summed E-state index contributed by atoms with van der Waals surface area (Å²) >= 11 is 9.53. The smallest absolute Gasteiger partial charge is 0.160 e. The first-order chi connectivity index (χ1) is 7.63. The van der Waals surface area contributed by atoms with Gasteiger partial charge in [0.25, 0.3) is 0 Å². The van der Waals surface area contributed by atoms with E-state index in [2.05, 4.69) is 37.4 Å². The van der Waals surface area contributed by atoms with Crippen LogP contribution in [0.25, 0.3) is 11.2 Å². The Balaban J connectivity index is 2.65. The van der Waals surface area contributed by atoms with Crippen LogP contribution in [0, 0.1) is 0 Å². The number of fused-ring (bicyclic) bond motifs is 1. The Kier molecular flexibility index (Phi) is 3.50. The number of halogens is 2. The Morgan fingerprint density at radius 1 is 1.56 bits per heavy atom. The van der Waals surface area contributed by atoms with E-state index in [1.165, 1.54) is 0 Å². The van der Waals surface area contributed by atoms with Crippen LogP contribution in [-0.2, 0) is 6.54 Å². The summed E-state index contributed by atoms with van der Waals surface area (Å²) in [5.74, 6) is 0.893. The lowest BCUT2D eigenvalue weighted by Gasteiger charge is -2.07. The van der Waals surface area contributed by atoms with Crippen LogP contribution in [0.3, 0.4) is 0 Å². The van der Waals surface area contributed by atoms with Crippen molar-refractivity contribution in [1.29, 1.82) is 0 Å². The normalized spacial score (nSPS) is 13.2. The highest BCUT2D eigenvalue weighted by molar-refractivity contribution is 9.10. The zero-order valence-electron chi connectivity index (χ0n) is 9.24. The van der Waals surface area contributed by atoms with Crippen molar-refractivity contribution in [2.24, 2.45) is 0 Å². The number of rotatable bonds is 3. The van der Waals surface area contributed by atoms with Crippen molar-refractivity contribution in [3.05, 3.63) is 22.6 Å². The lowest BCUT2D eigenvalue weighted by atomic mass is 10.4. The van der Waals surface area contributed by atoms with Gasteiger partial charge in [0.1, 0.15) is 11.3 Å². The molecule has 2 aromatic rings. The fourth-order valence-corrected chi connectivity index (χ4v) is 2.24. The Bertz CT molecular complexity index is 507. The van der Waals surface area contributed by atoms with E-state index < -0.39 is 0 Å². The van der Waals surface area contributed by atoms with E-state index in [0.29, 0.717) is 0 Å². The number of imidazole rings is 1. The average molecular weight is 303 g/mol. The van der Waals surface area contributed by atoms with Gasteiger partial charge in [-0.05, 0) is 35.3 Å². The molecule has 2 rings (SSSR count). The van der Waals surface area contributed by atoms with Gasteiger partial charge < -0.3 is 4.57 Å². The minimum absolute atomic E-state index is 0.0977. The molecule has 3 nitrogen and oxygen atoms in total. The van der Waals surface area contributed by atoms with Gasteiger partial charge in [0, 0.05) is 17.2 Å². The molecule has 0 aliphatic rings.